The maximum Gasteiger partial charge on any atom is 0.187 e. The van der Waals surface area contributed by atoms with Crippen LogP contribution in [0.2, 0.25) is 0 Å². The van der Waals surface area contributed by atoms with Crippen molar-refractivity contribution in [1.82, 2.24) is 0 Å². The van der Waals surface area contributed by atoms with Crippen molar-refractivity contribution < 1.29 is 19.3 Å². The Bertz CT molecular complexity index is 332. The van der Waals surface area contributed by atoms with E-state index in [1.165, 1.54) is 0 Å². The molecule has 0 fully saturated rings. The summed E-state index contributed by atoms with van der Waals surface area (Å²) in [7, 11) is 0. The van der Waals surface area contributed by atoms with Crippen LogP contribution in [-0.4, -0.2) is 24.9 Å². The second-order valence-corrected chi connectivity index (χ2v) is 3.40. The van der Waals surface area contributed by atoms with Crippen LogP contribution in [0.5, 0.6) is 11.5 Å². The van der Waals surface area contributed by atoms with Crippen molar-refractivity contribution in [2.75, 3.05) is 19.8 Å². The monoisotopic (exact) mass is 240 g/mol. The van der Waals surface area contributed by atoms with Crippen LogP contribution in [-0.2, 0) is 9.47 Å². The summed E-state index contributed by atoms with van der Waals surface area (Å²) in [5.41, 5.74) is 0.622. The summed E-state index contributed by atoms with van der Waals surface area (Å²) in [6, 6.07) is 5.13. The van der Waals surface area contributed by atoms with E-state index in [0.29, 0.717) is 31.1 Å². The zero-order valence-corrected chi connectivity index (χ0v) is 10.6. The molecule has 0 radical (unpaired) electrons. The van der Waals surface area contributed by atoms with Crippen molar-refractivity contribution in [3.63, 3.8) is 0 Å². The van der Waals surface area contributed by atoms with Crippen molar-refractivity contribution in [1.29, 1.82) is 0 Å². The normalized spacial score (nSPS) is 10.8. The highest BCUT2D eigenvalue weighted by Crippen LogP contribution is 2.31. The van der Waals surface area contributed by atoms with Crippen LogP contribution < -0.4 is 4.74 Å². The molecule has 0 amide bonds. The fourth-order valence-corrected chi connectivity index (χ4v) is 1.51. The molecule has 1 rings (SSSR count). The zero-order chi connectivity index (χ0) is 12.7. The van der Waals surface area contributed by atoms with Crippen LogP contribution in [0.15, 0.2) is 18.2 Å². The van der Waals surface area contributed by atoms with E-state index in [-0.39, 0.29) is 5.75 Å². The highest BCUT2D eigenvalue weighted by Gasteiger charge is 2.16. The predicted molar refractivity (Wildman–Crippen MR) is 65.3 cm³/mol. The fourth-order valence-electron chi connectivity index (χ4n) is 1.51. The van der Waals surface area contributed by atoms with Gasteiger partial charge in [0, 0.05) is 24.8 Å². The third-order valence-electron chi connectivity index (χ3n) is 2.20. The molecular weight excluding hydrogens is 220 g/mol. The average Bonchev–Trinajstić information content (AvgIpc) is 2.29. The molecule has 0 bridgehead atoms. The number of hydrogen-bond acceptors (Lipinski definition) is 4. The molecule has 1 aromatic rings. The average molecular weight is 240 g/mol. The number of hydrogen-bond donors (Lipinski definition) is 1. The van der Waals surface area contributed by atoms with Crippen molar-refractivity contribution in [2.45, 2.75) is 27.1 Å². The van der Waals surface area contributed by atoms with Gasteiger partial charge in [0.1, 0.15) is 11.5 Å². The van der Waals surface area contributed by atoms with Gasteiger partial charge in [-0.15, -0.1) is 0 Å². The highest BCUT2D eigenvalue weighted by molar-refractivity contribution is 5.40. The van der Waals surface area contributed by atoms with Gasteiger partial charge in [-0.25, -0.2) is 0 Å². The van der Waals surface area contributed by atoms with E-state index in [2.05, 4.69) is 0 Å². The summed E-state index contributed by atoms with van der Waals surface area (Å²) >= 11 is 0. The molecule has 0 saturated carbocycles. The Morgan fingerprint density at radius 3 is 2.18 bits per heavy atom. The standard InChI is InChI=1S/C13H20O4/c1-4-15-10-7-8-11(12(14)9-10)13(16-5-2)17-6-3/h7-9,13-14H,4-6H2,1-3H3. The number of rotatable bonds is 7. The topological polar surface area (TPSA) is 47.9 Å². The second kappa shape index (κ2) is 7.14. The quantitative estimate of drug-likeness (QED) is 0.744. The Labute approximate surface area is 102 Å². The molecule has 0 atom stereocenters. The maximum absolute atomic E-state index is 9.90. The number of benzene rings is 1. The Morgan fingerprint density at radius 2 is 1.71 bits per heavy atom. The van der Waals surface area contributed by atoms with Gasteiger partial charge in [0.25, 0.3) is 0 Å². The van der Waals surface area contributed by atoms with Gasteiger partial charge in [0.05, 0.1) is 6.61 Å². The number of aromatic hydroxyl groups is 1. The van der Waals surface area contributed by atoms with Gasteiger partial charge in [-0.3, -0.25) is 0 Å². The van der Waals surface area contributed by atoms with Gasteiger partial charge in [-0.1, -0.05) is 0 Å². The largest absolute Gasteiger partial charge is 0.507 e. The van der Waals surface area contributed by atoms with Crippen molar-refractivity contribution >= 4 is 0 Å². The first kappa shape index (κ1) is 13.8. The Kier molecular flexibility index (Phi) is 5.80. The van der Waals surface area contributed by atoms with Crippen LogP contribution >= 0.6 is 0 Å². The summed E-state index contributed by atoms with van der Waals surface area (Å²) in [6.45, 7) is 7.29. The SMILES string of the molecule is CCOc1ccc(C(OCC)OCC)c(O)c1. The van der Waals surface area contributed by atoms with Crippen LogP contribution in [0.25, 0.3) is 0 Å². The Balaban J connectivity index is 2.87. The van der Waals surface area contributed by atoms with Crippen molar-refractivity contribution in [2.24, 2.45) is 0 Å². The van der Waals surface area contributed by atoms with Gasteiger partial charge >= 0.3 is 0 Å². The summed E-state index contributed by atoms with van der Waals surface area (Å²) in [6.07, 6.45) is -0.527. The van der Waals surface area contributed by atoms with E-state index >= 15 is 0 Å². The molecule has 0 aromatic heterocycles. The lowest BCUT2D eigenvalue weighted by molar-refractivity contribution is -0.141. The third-order valence-corrected chi connectivity index (χ3v) is 2.20. The van der Waals surface area contributed by atoms with Crippen LogP contribution in [0, 0.1) is 0 Å². The first-order valence-corrected chi connectivity index (χ1v) is 5.91. The zero-order valence-electron chi connectivity index (χ0n) is 10.6. The number of ether oxygens (including phenoxy) is 3. The third kappa shape index (κ3) is 3.91. The van der Waals surface area contributed by atoms with Crippen molar-refractivity contribution in [3.05, 3.63) is 23.8 Å². The van der Waals surface area contributed by atoms with E-state index in [1.807, 2.05) is 20.8 Å². The Morgan fingerprint density at radius 1 is 1.06 bits per heavy atom. The molecule has 0 aliphatic heterocycles. The Hall–Kier alpha value is -1.26. The minimum Gasteiger partial charge on any atom is -0.507 e. The van der Waals surface area contributed by atoms with E-state index in [0.717, 1.165) is 0 Å². The highest BCUT2D eigenvalue weighted by atomic mass is 16.7. The molecule has 0 saturated heterocycles. The van der Waals surface area contributed by atoms with E-state index in [1.54, 1.807) is 18.2 Å². The molecule has 0 aliphatic carbocycles. The van der Waals surface area contributed by atoms with Crippen LogP contribution in [0.1, 0.15) is 32.6 Å². The summed E-state index contributed by atoms with van der Waals surface area (Å²) in [4.78, 5) is 0. The molecule has 0 heterocycles. The lowest BCUT2D eigenvalue weighted by atomic mass is 10.2. The fraction of sp³-hybridized carbons (Fsp3) is 0.538. The molecular formula is C13H20O4. The summed E-state index contributed by atoms with van der Waals surface area (Å²) in [5, 5.41) is 9.90. The van der Waals surface area contributed by atoms with Crippen molar-refractivity contribution in [3.8, 4) is 11.5 Å². The van der Waals surface area contributed by atoms with Gasteiger partial charge in [0.2, 0.25) is 0 Å². The molecule has 4 heteroatoms. The smallest absolute Gasteiger partial charge is 0.187 e. The van der Waals surface area contributed by atoms with Crippen LogP contribution in [0.4, 0.5) is 0 Å². The van der Waals surface area contributed by atoms with Gasteiger partial charge < -0.3 is 19.3 Å². The molecule has 1 N–H and O–H groups in total. The summed E-state index contributed by atoms with van der Waals surface area (Å²) < 4.78 is 16.2. The molecule has 0 spiro atoms. The first-order chi connectivity index (χ1) is 8.22. The number of phenolic OH excluding ortho intramolecular Hbond substituents is 1. The van der Waals surface area contributed by atoms with Gasteiger partial charge in [0.15, 0.2) is 6.29 Å². The predicted octanol–water partition coefficient (Wildman–Crippen LogP) is 2.86. The molecule has 96 valence electrons. The lowest BCUT2D eigenvalue weighted by Crippen LogP contribution is -2.09. The second-order valence-electron chi connectivity index (χ2n) is 3.40. The first-order valence-electron chi connectivity index (χ1n) is 5.91. The van der Waals surface area contributed by atoms with Gasteiger partial charge in [-0.05, 0) is 32.9 Å². The minimum atomic E-state index is -0.527. The van der Waals surface area contributed by atoms with E-state index < -0.39 is 6.29 Å². The van der Waals surface area contributed by atoms with Gasteiger partial charge in [-0.2, -0.15) is 0 Å². The maximum atomic E-state index is 9.90. The molecule has 0 aliphatic rings. The minimum absolute atomic E-state index is 0.128. The summed E-state index contributed by atoms with van der Waals surface area (Å²) in [5.74, 6) is 0.767. The molecule has 1 aromatic carbocycles. The molecule has 0 unspecified atom stereocenters. The van der Waals surface area contributed by atoms with Crippen LogP contribution in [0.3, 0.4) is 0 Å². The lowest BCUT2D eigenvalue weighted by Gasteiger charge is -2.18. The van der Waals surface area contributed by atoms with E-state index in [4.69, 9.17) is 14.2 Å². The molecule has 4 nitrogen and oxygen atoms in total. The van der Waals surface area contributed by atoms with E-state index in [9.17, 15) is 5.11 Å². The number of phenols is 1. The molecule has 17 heavy (non-hydrogen) atoms.